The van der Waals surface area contributed by atoms with Crippen molar-refractivity contribution in [2.45, 2.75) is 38.5 Å². The van der Waals surface area contributed by atoms with Crippen LogP contribution in [0.15, 0.2) is 36.4 Å². The summed E-state index contributed by atoms with van der Waals surface area (Å²) in [5.41, 5.74) is 1.48. The van der Waals surface area contributed by atoms with Gasteiger partial charge in [0, 0.05) is 45.4 Å². The smallest absolute Gasteiger partial charge is 0.255 e. The molecule has 0 aliphatic carbocycles. The van der Waals surface area contributed by atoms with E-state index in [2.05, 4.69) is 5.32 Å². The summed E-state index contributed by atoms with van der Waals surface area (Å²) in [6, 6.07) is 8.52. The number of rotatable bonds is 6. The fourth-order valence-electron chi connectivity index (χ4n) is 4.44. The Kier molecular flexibility index (Phi) is 5.63. The summed E-state index contributed by atoms with van der Waals surface area (Å²) in [6.45, 7) is -0.0878. The molecule has 0 unspecified atom stereocenters. The predicted molar refractivity (Wildman–Crippen MR) is 119 cm³/mol. The summed E-state index contributed by atoms with van der Waals surface area (Å²) in [4.78, 5) is 39.8. The average molecular weight is 470 g/mol. The molecule has 0 aromatic heterocycles. The van der Waals surface area contributed by atoms with Gasteiger partial charge in [-0.3, -0.25) is 24.6 Å². The third kappa shape index (κ3) is 4.53. The molecular formula is C25H26FN3O5. The molecular weight excluding hydrogens is 441 g/mol. The van der Waals surface area contributed by atoms with Crippen LogP contribution in [0, 0.1) is 5.82 Å². The Morgan fingerprint density at radius 2 is 2.00 bits per heavy atom. The molecule has 0 radical (unpaired) electrons. The van der Waals surface area contributed by atoms with Gasteiger partial charge in [-0.25, -0.2) is 4.39 Å². The summed E-state index contributed by atoms with van der Waals surface area (Å²) in [6.07, 6.45) is 0.425. The van der Waals surface area contributed by atoms with Crippen molar-refractivity contribution in [3.63, 3.8) is 0 Å². The Morgan fingerprint density at radius 3 is 2.76 bits per heavy atom. The lowest BCUT2D eigenvalue weighted by molar-refractivity contribution is -0.136. The highest BCUT2D eigenvalue weighted by Gasteiger charge is 2.40. The van der Waals surface area contributed by atoms with Crippen molar-refractivity contribution in [1.82, 2.24) is 15.1 Å². The Labute approximate surface area is 199 Å². The van der Waals surface area contributed by atoms with Crippen LogP contribution in [0.25, 0.3) is 0 Å². The molecule has 1 N–H and O–H groups in total. The van der Waals surface area contributed by atoms with Crippen LogP contribution in [0.4, 0.5) is 4.39 Å². The Balaban J connectivity index is 1.30. The van der Waals surface area contributed by atoms with Crippen LogP contribution in [-0.4, -0.2) is 59.9 Å². The van der Waals surface area contributed by atoms with E-state index in [0.29, 0.717) is 43.2 Å². The predicted octanol–water partition coefficient (Wildman–Crippen LogP) is 2.00. The van der Waals surface area contributed by atoms with E-state index in [-0.39, 0.29) is 48.9 Å². The molecule has 3 heterocycles. The van der Waals surface area contributed by atoms with Gasteiger partial charge in [0.1, 0.15) is 24.2 Å². The number of halogens is 1. The molecule has 0 saturated carbocycles. The van der Waals surface area contributed by atoms with E-state index >= 15 is 0 Å². The zero-order valence-electron chi connectivity index (χ0n) is 20.5. The van der Waals surface area contributed by atoms with Gasteiger partial charge in [0.15, 0.2) is 0 Å². The van der Waals surface area contributed by atoms with E-state index in [4.69, 9.17) is 12.2 Å². The van der Waals surface area contributed by atoms with Crippen molar-refractivity contribution >= 4 is 17.7 Å². The number of carbonyl (C=O) groups is 3. The molecule has 2 fully saturated rings. The molecule has 1 atom stereocenters. The van der Waals surface area contributed by atoms with Gasteiger partial charge < -0.3 is 14.4 Å². The lowest BCUT2D eigenvalue weighted by Crippen LogP contribution is -2.52. The number of fused-ring (bicyclic) bond motifs is 1. The number of piperidine rings is 1. The molecule has 178 valence electrons. The van der Waals surface area contributed by atoms with Crippen LogP contribution < -0.4 is 10.1 Å². The van der Waals surface area contributed by atoms with Crippen molar-refractivity contribution < 1.29 is 31.0 Å². The van der Waals surface area contributed by atoms with Gasteiger partial charge in [-0.15, -0.1) is 0 Å². The first-order valence-corrected chi connectivity index (χ1v) is 11.3. The second-order valence-electron chi connectivity index (χ2n) is 8.49. The maximum atomic E-state index is 14.9. The molecule has 3 aliphatic heterocycles. The first-order valence-electron chi connectivity index (χ1n) is 12.3. The van der Waals surface area contributed by atoms with Crippen LogP contribution in [-0.2, 0) is 34.0 Å². The maximum Gasteiger partial charge on any atom is 0.255 e. The number of benzene rings is 2. The monoisotopic (exact) mass is 469 g/mol. The number of amides is 3. The number of imide groups is 1. The average Bonchev–Trinajstić information content (AvgIpc) is 3.20. The number of hydrogen-bond acceptors (Lipinski definition) is 6. The standard InChI is InChI=1S/C25H26FN3O5/c26-20-12-16(13-28-8-10-33-11-9-28)4-5-17(20)15-34-22-3-1-2-18-19(22)14-29(25(18)32)21-6-7-23(30)27-24(21)31/h1-5,12,21H,6-11,13-15H2,(H,27,30,31)/t21-/m1/s1/i13D2. The molecule has 9 heteroatoms. The molecule has 0 bridgehead atoms. The zero-order valence-corrected chi connectivity index (χ0v) is 18.5. The van der Waals surface area contributed by atoms with Gasteiger partial charge in [0.2, 0.25) is 11.8 Å². The second kappa shape index (κ2) is 9.52. The Bertz CT molecular complexity index is 1220. The molecule has 5 rings (SSSR count). The minimum Gasteiger partial charge on any atom is -0.488 e. The van der Waals surface area contributed by atoms with Crippen LogP contribution in [0.5, 0.6) is 5.75 Å². The van der Waals surface area contributed by atoms with Crippen LogP contribution in [0.2, 0.25) is 0 Å². The number of nitrogens with zero attached hydrogens (tertiary/aromatic N) is 2. The zero-order chi connectivity index (χ0) is 25.4. The van der Waals surface area contributed by atoms with Crippen LogP contribution >= 0.6 is 0 Å². The number of hydrogen-bond donors (Lipinski definition) is 1. The van der Waals surface area contributed by atoms with Gasteiger partial charge >= 0.3 is 0 Å². The summed E-state index contributed by atoms with van der Waals surface area (Å²) < 4.78 is 43.0. The molecule has 2 aromatic rings. The molecule has 8 nitrogen and oxygen atoms in total. The van der Waals surface area contributed by atoms with E-state index in [0.717, 1.165) is 0 Å². The summed E-state index contributed by atoms with van der Waals surface area (Å²) in [7, 11) is 0. The number of carbonyl (C=O) groups excluding carboxylic acids is 3. The first-order chi connectivity index (χ1) is 17.3. The molecule has 3 amide bonds. The lowest BCUT2D eigenvalue weighted by Gasteiger charge is -2.29. The molecule has 34 heavy (non-hydrogen) atoms. The van der Waals surface area contributed by atoms with Gasteiger partial charge in [0.05, 0.1) is 19.8 Å². The van der Waals surface area contributed by atoms with Gasteiger partial charge in [-0.2, -0.15) is 0 Å². The lowest BCUT2D eigenvalue weighted by atomic mass is 10.0. The van der Waals surface area contributed by atoms with E-state index < -0.39 is 24.3 Å². The van der Waals surface area contributed by atoms with Gasteiger partial charge in [-0.1, -0.05) is 18.2 Å². The normalized spacial score (nSPS) is 22.2. The number of ether oxygens (including phenoxy) is 2. The van der Waals surface area contributed by atoms with Crippen LogP contribution in [0.3, 0.4) is 0 Å². The fourth-order valence-corrected chi connectivity index (χ4v) is 4.44. The van der Waals surface area contributed by atoms with Gasteiger partial charge in [0.25, 0.3) is 5.91 Å². The highest BCUT2D eigenvalue weighted by Crippen LogP contribution is 2.34. The van der Waals surface area contributed by atoms with Crippen molar-refractivity contribution in [2.75, 3.05) is 26.3 Å². The largest absolute Gasteiger partial charge is 0.488 e. The minimum absolute atomic E-state index is 0.115. The van der Waals surface area contributed by atoms with E-state index in [1.54, 1.807) is 29.2 Å². The van der Waals surface area contributed by atoms with E-state index in [1.165, 1.54) is 17.0 Å². The highest BCUT2D eigenvalue weighted by atomic mass is 19.1. The Morgan fingerprint density at radius 1 is 1.18 bits per heavy atom. The van der Waals surface area contributed by atoms with Crippen molar-refractivity contribution in [2.24, 2.45) is 0 Å². The summed E-state index contributed by atoms with van der Waals surface area (Å²) in [5.74, 6) is -1.34. The second-order valence-corrected chi connectivity index (χ2v) is 8.49. The van der Waals surface area contributed by atoms with Crippen molar-refractivity contribution in [3.8, 4) is 5.75 Å². The maximum absolute atomic E-state index is 14.9. The summed E-state index contributed by atoms with van der Waals surface area (Å²) in [5, 5.41) is 2.28. The molecule has 2 saturated heterocycles. The van der Waals surface area contributed by atoms with Crippen LogP contribution in [0.1, 0.15) is 42.6 Å². The number of nitrogens with one attached hydrogen (secondary N) is 1. The first kappa shape index (κ1) is 20.1. The van der Waals surface area contributed by atoms with Crippen molar-refractivity contribution in [1.29, 1.82) is 0 Å². The molecule has 2 aromatic carbocycles. The van der Waals surface area contributed by atoms with Gasteiger partial charge in [-0.05, 0) is 30.2 Å². The third-order valence-electron chi connectivity index (χ3n) is 6.27. The Hall–Kier alpha value is -3.30. The topological polar surface area (TPSA) is 88.2 Å². The van der Waals surface area contributed by atoms with E-state index in [9.17, 15) is 18.8 Å². The quantitative estimate of drug-likeness (QED) is 0.652. The highest BCUT2D eigenvalue weighted by molar-refractivity contribution is 6.05. The SMILES string of the molecule is [2H]C([2H])(c1ccc(COc2cccc3c2CN([C@@H]2CCC(=O)NC2=O)C3=O)c(F)c1)N1CCOCC1. The van der Waals surface area contributed by atoms with Crippen molar-refractivity contribution in [3.05, 3.63) is 64.5 Å². The number of morpholine rings is 1. The molecule has 0 spiro atoms. The fraction of sp³-hybridized carbons (Fsp3) is 0.400. The molecule has 3 aliphatic rings. The third-order valence-corrected chi connectivity index (χ3v) is 6.27. The summed E-state index contributed by atoms with van der Waals surface area (Å²) >= 11 is 0. The van der Waals surface area contributed by atoms with E-state index in [1.807, 2.05) is 0 Å². The minimum atomic E-state index is -1.83.